The van der Waals surface area contributed by atoms with Gasteiger partial charge in [-0.25, -0.2) is 0 Å². The van der Waals surface area contributed by atoms with Crippen LogP contribution in [0.1, 0.15) is 51.8 Å². The van der Waals surface area contributed by atoms with Crippen LogP contribution in [0, 0.1) is 0 Å². The molecule has 1 N–H and O–H groups in total. The summed E-state index contributed by atoms with van der Waals surface area (Å²) in [5.74, 6) is -1.96. The summed E-state index contributed by atoms with van der Waals surface area (Å²) >= 11 is 11.9. The second kappa shape index (κ2) is 9.08. The third-order valence-electron chi connectivity index (χ3n) is 5.15. The first kappa shape index (κ1) is 22.8. The molecule has 2 aromatic rings. The number of hydrogen-bond acceptors (Lipinski definition) is 4. The van der Waals surface area contributed by atoms with Crippen molar-refractivity contribution in [3.63, 3.8) is 0 Å². The molecule has 0 saturated heterocycles. The van der Waals surface area contributed by atoms with Crippen LogP contribution in [0.3, 0.4) is 0 Å². The summed E-state index contributed by atoms with van der Waals surface area (Å²) in [5.41, 5.74) is 1.02. The summed E-state index contributed by atoms with van der Waals surface area (Å²) in [7, 11) is 0. The van der Waals surface area contributed by atoms with Crippen molar-refractivity contribution in [2.24, 2.45) is 0 Å². The molecule has 31 heavy (non-hydrogen) atoms. The van der Waals surface area contributed by atoms with Gasteiger partial charge in [0.2, 0.25) is 5.91 Å². The van der Waals surface area contributed by atoms with Gasteiger partial charge in [-0.3, -0.25) is 24.1 Å². The van der Waals surface area contributed by atoms with Gasteiger partial charge in [0.1, 0.15) is 6.04 Å². The number of anilines is 1. The Morgan fingerprint density at radius 3 is 2.06 bits per heavy atom. The molecule has 9 heteroatoms. The molecule has 0 bridgehead atoms. The topological polar surface area (TPSA) is 86.8 Å². The van der Waals surface area contributed by atoms with Crippen LogP contribution in [0.4, 0.5) is 5.69 Å². The average Bonchev–Trinajstić information content (AvgIpc) is 2.98. The molecule has 2 aromatic carbocycles. The van der Waals surface area contributed by atoms with Crippen molar-refractivity contribution < 1.29 is 19.2 Å². The number of halogens is 2. The van der Waals surface area contributed by atoms with Gasteiger partial charge in [0, 0.05) is 24.3 Å². The zero-order chi connectivity index (χ0) is 22.9. The van der Waals surface area contributed by atoms with Crippen molar-refractivity contribution in [1.82, 2.24) is 9.80 Å². The molecule has 0 radical (unpaired) electrons. The van der Waals surface area contributed by atoms with E-state index in [0.29, 0.717) is 24.3 Å². The van der Waals surface area contributed by atoms with E-state index in [1.165, 1.54) is 19.1 Å². The Bertz CT molecular complexity index is 1040. The zero-order valence-electron chi connectivity index (χ0n) is 17.2. The average molecular weight is 462 g/mol. The molecule has 0 aromatic heterocycles. The molecular formula is C22H21Cl2N3O4. The van der Waals surface area contributed by atoms with E-state index in [9.17, 15) is 19.2 Å². The predicted octanol–water partition coefficient (Wildman–Crippen LogP) is 4.10. The van der Waals surface area contributed by atoms with Crippen LogP contribution in [0.25, 0.3) is 0 Å². The Hall–Kier alpha value is -2.90. The molecule has 162 valence electrons. The van der Waals surface area contributed by atoms with Gasteiger partial charge < -0.3 is 10.2 Å². The van der Waals surface area contributed by atoms with Gasteiger partial charge in [-0.15, -0.1) is 0 Å². The molecule has 1 aliphatic rings. The summed E-state index contributed by atoms with van der Waals surface area (Å²) in [4.78, 5) is 53.3. The molecule has 1 heterocycles. The van der Waals surface area contributed by atoms with Gasteiger partial charge in [0.05, 0.1) is 21.2 Å². The van der Waals surface area contributed by atoms with Crippen molar-refractivity contribution in [2.75, 3.05) is 18.4 Å². The van der Waals surface area contributed by atoms with E-state index in [1.807, 2.05) is 13.8 Å². The number of benzene rings is 2. The van der Waals surface area contributed by atoms with E-state index in [4.69, 9.17) is 23.2 Å². The number of hydrogen-bond donors (Lipinski definition) is 1. The minimum atomic E-state index is -1.09. The quantitative estimate of drug-likeness (QED) is 0.655. The number of nitrogens with zero attached hydrogens (tertiary/aromatic N) is 2. The van der Waals surface area contributed by atoms with E-state index in [2.05, 4.69) is 5.32 Å². The van der Waals surface area contributed by atoms with Crippen LogP contribution < -0.4 is 5.32 Å². The highest BCUT2D eigenvalue weighted by Gasteiger charge is 2.41. The van der Waals surface area contributed by atoms with Gasteiger partial charge in [0.15, 0.2) is 0 Å². The van der Waals surface area contributed by atoms with Crippen LogP contribution in [-0.2, 0) is 4.79 Å². The first-order valence-electron chi connectivity index (χ1n) is 9.76. The fourth-order valence-electron chi connectivity index (χ4n) is 3.39. The maximum Gasteiger partial charge on any atom is 0.262 e. The standard InChI is InChI=1S/C22H21Cl2N3O4/c1-4-26(5-2)20(29)13-7-6-8-14(9-13)25-19(28)12(3)27-21(30)15-10-17(23)18(24)11-16(15)22(27)31/h6-12H,4-5H2,1-3H3,(H,25,28)/t12-/m0/s1. The van der Waals surface area contributed by atoms with E-state index in [-0.39, 0.29) is 27.1 Å². The van der Waals surface area contributed by atoms with Crippen LogP contribution in [-0.4, -0.2) is 52.6 Å². The van der Waals surface area contributed by atoms with Crippen LogP contribution in [0.2, 0.25) is 10.0 Å². The molecule has 0 saturated carbocycles. The highest BCUT2D eigenvalue weighted by Crippen LogP contribution is 2.32. The molecule has 7 nitrogen and oxygen atoms in total. The Morgan fingerprint density at radius 1 is 1.00 bits per heavy atom. The van der Waals surface area contributed by atoms with E-state index < -0.39 is 23.8 Å². The Labute approximate surface area is 189 Å². The highest BCUT2D eigenvalue weighted by atomic mass is 35.5. The lowest BCUT2D eigenvalue weighted by molar-refractivity contribution is -0.119. The van der Waals surface area contributed by atoms with E-state index in [1.54, 1.807) is 29.2 Å². The molecule has 0 spiro atoms. The number of imide groups is 1. The maximum atomic E-state index is 12.8. The van der Waals surface area contributed by atoms with E-state index >= 15 is 0 Å². The lowest BCUT2D eigenvalue weighted by atomic mass is 10.1. The molecule has 4 amide bonds. The number of carbonyl (C=O) groups excluding carboxylic acids is 4. The summed E-state index contributed by atoms with van der Waals surface area (Å²) in [6.45, 7) is 6.35. The first-order valence-corrected chi connectivity index (χ1v) is 10.5. The van der Waals surface area contributed by atoms with Gasteiger partial charge in [-0.2, -0.15) is 0 Å². The van der Waals surface area contributed by atoms with Gasteiger partial charge in [-0.05, 0) is 51.1 Å². The van der Waals surface area contributed by atoms with Crippen molar-refractivity contribution >= 4 is 52.5 Å². The number of rotatable bonds is 6. The second-order valence-electron chi connectivity index (χ2n) is 7.02. The molecular weight excluding hydrogens is 441 g/mol. The Balaban J connectivity index is 1.79. The second-order valence-corrected chi connectivity index (χ2v) is 7.83. The van der Waals surface area contributed by atoms with Crippen molar-refractivity contribution in [1.29, 1.82) is 0 Å². The van der Waals surface area contributed by atoms with Gasteiger partial charge in [-0.1, -0.05) is 29.3 Å². The van der Waals surface area contributed by atoms with Crippen molar-refractivity contribution in [2.45, 2.75) is 26.8 Å². The summed E-state index contributed by atoms with van der Waals surface area (Å²) in [6.07, 6.45) is 0. The molecule has 0 aliphatic carbocycles. The lowest BCUT2D eigenvalue weighted by Crippen LogP contribution is -2.45. The summed E-state index contributed by atoms with van der Waals surface area (Å²) in [6, 6.07) is 8.07. The summed E-state index contributed by atoms with van der Waals surface area (Å²) in [5, 5.41) is 2.97. The fraction of sp³-hybridized carbons (Fsp3) is 0.273. The Kier molecular flexibility index (Phi) is 6.67. The predicted molar refractivity (Wildman–Crippen MR) is 119 cm³/mol. The van der Waals surface area contributed by atoms with Gasteiger partial charge in [0.25, 0.3) is 17.7 Å². The zero-order valence-corrected chi connectivity index (χ0v) is 18.8. The highest BCUT2D eigenvalue weighted by molar-refractivity contribution is 6.43. The monoisotopic (exact) mass is 461 g/mol. The summed E-state index contributed by atoms with van der Waals surface area (Å²) < 4.78 is 0. The number of nitrogens with one attached hydrogen (secondary N) is 1. The van der Waals surface area contributed by atoms with Gasteiger partial charge >= 0.3 is 0 Å². The van der Waals surface area contributed by atoms with Crippen LogP contribution in [0.5, 0.6) is 0 Å². The normalized spacial score (nSPS) is 13.8. The smallest absolute Gasteiger partial charge is 0.262 e. The maximum absolute atomic E-state index is 12.8. The molecule has 1 atom stereocenters. The fourth-order valence-corrected chi connectivity index (χ4v) is 3.72. The molecule has 0 unspecified atom stereocenters. The number of amides is 4. The number of carbonyl (C=O) groups is 4. The number of fused-ring (bicyclic) bond motifs is 1. The third-order valence-corrected chi connectivity index (χ3v) is 5.88. The Morgan fingerprint density at radius 2 is 1.55 bits per heavy atom. The van der Waals surface area contributed by atoms with Crippen molar-refractivity contribution in [3.8, 4) is 0 Å². The minimum absolute atomic E-state index is 0.103. The molecule has 0 fully saturated rings. The third kappa shape index (κ3) is 4.29. The first-order chi connectivity index (χ1) is 14.7. The largest absolute Gasteiger partial charge is 0.339 e. The molecule has 3 rings (SSSR count). The lowest BCUT2D eigenvalue weighted by Gasteiger charge is -2.22. The van der Waals surface area contributed by atoms with Crippen LogP contribution in [0.15, 0.2) is 36.4 Å². The molecule has 1 aliphatic heterocycles. The van der Waals surface area contributed by atoms with E-state index in [0.717, 1.165) is 4.90 Å². The van der Waals surface area contributed by atoms with Crippen molar-refractivity contribution in [3.05, 3.63) is 63.1 Å². The van der Waals surface area contributed by atoms with Crippen LogP contribution >= 0.6 is 23.2 Å². The SMILES string of the molecule is CCN(CC)C(=O)c1cccc(NC(=O)[C@H](C)N2C(=O)c3cc(Cl)c(Cl)cc3C2=O)c1. The minimum Gasteiger partial charge on any atom is -0.339 e.